The van der Waals surface area contributed by atoms with Gasteiger partial charge >= 0.3 is 0 Å². The van der Waals surface area contributed by atoms with Crippen LogP contribution in [-0.4, -0.2) is 30.5 Å². The number of aromatic carboxylic acids is 1. The second-order valence-corrected chi connectivity index (χ2v) is 5.86. The number of carbonyl (C=O) groups is 3. The molecule has 1 aliphatic rings. The standard InChI is InChI=1S/C19H18N2O5/c22-17(21-15-8-2-1-7-14(15)19(24)25)12-5-3-6-13(11-12)20-18(23)16-9-4-10-26-16/h1-3,5-8,11,16H,4,9-10H2,(H,20,23)(H,21,22)(H,24,25)/p-1/t16-/m1/s1. The summed E-state index contributed by atoms with van der Waals surface area (Å²) in [6.45, 7) is 0.568. The largest absolute Gasteiger partial charge is 0.545 e. The fraction of sp³-hybridized carbons (Fsp3) is 0.211. The lowest BCUT2D eigenvalue weighted by molar-refractivity contribution is -0.254. The van der Waals surface area contributed by atoms with E-state index < -0.39 is 18.0 Å². The number of para-hydroxylation sites is 1. The van der Waals surface area contributed by atoms with Crippen LogP contribution < -0.4 is 15.7 Å². The first-order chi connectivity index (χ1) is 12.5. The molecule has 0 spiro atoms. The highest BCUT2D eigenvalue weighted by Gasteiger charge is 2.23. The van der Waals surface area contributed by atoms with Crippen LogP contribution in [0.25, 0.3) is 0 Å². The third-order valence-electron chi connectivity index (χ3n) is 4.01. The van der Waals surface area contributed by atoms with Crippen molar-refractivity contribution in [3.63, 3.8) is 0 Å². The van der Waals surface area contributed by atoms with Gasteiger partial charge in [-0.1, -0.05) is 24.3 Å². The van der Waals surface area contributed by atoms with Crippen LogP contribution in [-0.2, 0) is 9.53 Å². The Bertz CT molecular complexity index is 843. The Morgan fingerprint density at radius 3 is 2.58 bits per heavy atom. The van der Waals surface area contributed by atoms with Gasteiger partial charge in [-0.15, -0.1) is 0 Å². The molecule has 3 rings (SSSR count). The number of nitrogens with one attached hydrogen (secondary N) is 2. The van der Waals surface area contributed by atoms with Gasteiger partial charge in [-0.2, -0.15) is 0 Å². The minimum absolute atomic E-state index is 0.108. The summed E-state index contributed by atoms with van der Waals surface area (Å²) in [7, 11) is 0. The molecule has 0 aromatic heterocycles. The topological polar surface area (TPSA) is 108 Å². The molecule has 2 aromatic rings. The number of rotatable bonds is 5. The van der Waals surface area contributed by atoms with Gasteiger partial charge in [0.05, 0.1) is 11.7 Å². The van der Waals surface area contributed by atoms with Gasteiger partial charge in [-0.3, -0.25) is 9.59 Å². The van der Waals surface area contributed by atoms with E-state index in [4.69, 9.17) is 4.74 Å². The van der Waals surface area contributed by atoms with Crippen LogP contribution in [0.4, 0.5) is 11.4 Å². The van der Waals surface area contributed by atoms with Crippen molar-refractivity contribution in [3.8, 4) is 0 Å². The Labute approximate surface area is 150 Å². The Morgan fingerprint density at radius 1 is 1.04 bits per heavy atom. The first kappa shape index (κ1) is 17.6. The summed E-state index contributed by atoms with van der Waals surface area (Å²) < 4.78 is 5.33. The maximum atomic E-state index is 12.4. The predicted octanol–water partition coefficient (Wildman–Crippen LogP) is 1.42. The Balaban J connectivity index is 1.72. The van der Waals surface area contributed by atoms with Gasteiger partial charge in [-0.05, 0) is 37.1 Å². The van der Waals surface area contributed by atoms with E-state index in [2.05, 4.69) is 10.6 Å². The number of hydrogen-bond donors (Lipinski definition) is 2. The second-order valence-electron chi connectivity index (χ2n) is 5.86. The van der Waals surface area contributed by atoms with Gasteiger partial charge in [0.2, 0.25) is 0 Å². The normalized spacial score (nSPS) is 16.1. The molecule has 0 saturated carbocycles. The molecule has 2 N–H and O–H groups in total. The van der Waals surface area contributed by atoms with Crippen LogP contribution in [0.3, 0.4) is 0 Å². The predicted molar refractivity (Wildman–Crippen MR) is 92.8 cm³/mol. The van der Waals surface area contributed by atoms with Crippen molar-refractivity contribution < 1.29 is 24.2 Å². The summed E-state index contributed by atoms with van der Waals surface area (Å²) in [5.41, 5.74) is 0.782. The Morgan fingerprint density at radius 2 is 1.85 bits per heavy atom. The van der Waals surface area contributed by atoms with E-state index in [1.54, 1.807) is 30.3 Å². The number of carbonyl (C=O) groups excluding carboxylic acids is 3. The van der Waals surface area contributed by atoms with Crippen LogP contribution in [0.5, 0.6) is 0 Å². The maximum absolute atomic E-state index is 12.4. The zero-order valence-corrected chi connectivity index (χ0v) is 13.9. The maximum Gasteiger partial charge on any atom is 0.255 e. The van der Waals surface area contributed by atoms with Gasteiger partial charge in [-0.25, -0.2) is 0 Å². The van der Waals surface area contributed by atoms with Crippen LogP contribution >= 0.6 is 0 Å². The number of hydrogen-bond acceptors (Lipinski definition) is 5. The first-order valence-corrected chi connectivity index (χ1v) is 8.19. The summed E-state index contributed by atoms with van der Waals surface area (Å²) in [6.07, 6.45) is 1.05. The molecule has 0 bridgehead atoms. The molecule has 7 nitrogen and oxygen atoms in total. The fourth-order valence-electron chi connectivity index (χ4n) is 2.71. The molecule has 1 aliphatic heterocycles. The SMILES string of the molecule is O=C(Nc1ccccc1C(=O)[O-])c1cccc(NC(=O)[C@H]2CCCO2)c1. The zero-order chi connectivity index (χ0) is 18.5. The van der Waals surface area contributed by atoms with Crippen molar-refractivity contribution in [2.24, 2.45) is 0 Å². The average molecular weight is 353 g/mol. The van der Waals surface area contributed by atoms with E-state index in [1.807, 2.05) is 0 Å². The molecule has 1 saturated heterocycles. The lowest BCUT2D eigenvalue weighted by atomic mass is 10.1. The van der Waals surface area contributed by atoms with Gasteiger partial charge in [0.1, 0.15) is 6.10 Å². The van der Waals surface area contributed by atoms with Crippen LogP contribution in [0.2, 0.25) is 0 Å². The molecule has 134 valence electrons. The van der Waals surface area contributed by atoms with Crippen LogP contribution in [0.15, 0.2) is 48.5 Å². The summed E-state index contributed by atoms with van der Waals surface area (Å²) in [6, 6.07) is 12.4. The molecule has 1 heterocycles. The number of carboxylic acids is 1. The van der Waals surface area contributed by atoms with Crippen molar-refractivity contribution in [1.82, 2.24) is 0 Å². The second kappa shape index (κ2) is 7.79. The van der Waals surface area contributed by atoms with Crippen molar-refractivity contribution in [3.05, 3.63) is 59.7 Å². The van der Waals surface area contributed by atoms with Crippen molar-refractivity contribution >= 4 is 29.2 Å². The average Bonchev–Trinajstić information content (AvgIpc) is 3.17. The lowest BCUT2D eigenvalue weighted by Gasteiger charge is -2.13. The molecular formula is C19H17N2O5-. The van der Waals surface area contributed by atoms with Gasteiger partial charge in [0.25, 0.3) is 11.8 Å². The molecule has 26 heavy (non-hydrogen) atoms. The fourth-order valence-corrected chi connectivity index (χ4v) is 2.71. The highest BCUT2D eigenvalue weighted by atomic mass is 16.5. The van der Waals surface area contributed by atoms with Crippen LogP contribution in [0.1, 0.15) is 33.6 Å². The van der Waals surface area contributed by atoms with Crippen molar-refractivity contribution in [1.29, 1.82) is 0 Å². The molecule has 1 atom stereocenters. The number of anilines is 2. The van der Waals surface area contributed by atoms with E-state index in [-0.39, 0.29) is 22.7 Å². The molecule has 2 aromatic carbocycles. The Kier molecular flexibility index (Phi) is 5.28. The van der Waals surface area contributed by atoms with Crippen molar-refractivity contribution in [2.75, 3.05) is 17.2 Å². The first-order valence-electron chi connectivity index (χ1n) is 8.19. The highest BCUT2D eigenvalue weighted by molar-refractivity contribution is 6.08. The van der Waals surface area contributed by atoms with E-state index >= 15 is 0 Å². The summed E-state index contributed by atoms with van der Waals surface area (Å²) in [5, 5.41) is 16.4. The molecule has 0 aliphatic carbocycles. The van der Waals surface area contributed by atoms with E-state index in [9.17, 15) is 19.5 Å². The van der Waals surface area contributed by atoms with E-state index in [1.165, 1.54) is 18.2 Å². The summed E-state index contributed by atoms with van der Waals surface area (Å²) in [4.78, 5) is 35.6. The van der Waals surface area contributed by atoms with E-state index in [0.29, 0.717) is 18.7 Å². The molecule has 2 amide bonds. The number of ether oxygens (including phenoxy) is 1. The van der Waals surface area contributed by atoms with E-state index in [0.717, 1.165) is 6.42 Å². The third-order valence-corrected chi connectivity index (χ3v) is 4.01. The smallest absolute Gasteiger partial charge is 0.255 e. The highest BCUT2D eigenvalue weighted by Crippen LogP contribution is 2.19. The summed E-state index contributed by atoms with van der Waals surface area (Å²) in [5.74, 6) is -2.12. The summed E-state index contributed by atoms with van der Waals surface area (Å²) >= 11 is 0. The third kappa shape index (κ3) is 4.07. The number of benzene rings is 2. The lowest BCUT2D eigenvalue weighted by Crippen LogP contribution is -2.27. The minimum Gasteiger partial charge on any atom is -0.545 e. The Hall–Kier alpha value is -3.19. The van der Waals surface area contributed by atoms with Crippen LogP contribution in [0, 0.1) is 0 Å². The monoisotopic (exact) mass is 353 g/mol. The molecule has 7 heteroatoms. The van der Waals surface area contributed by atoms with Gasteiger partial charge in [0, 0.05) is 23.4 Å². The quantitative estimate of drug-likeness (QED) is 0.845. The van der Waals surface area contributed by atoms with Gasteiger partial charge < -0.3 is 25.3 Å². The van der Waals surface area contributed by atoms with Gasteiger partial charge in [0.15, 0.2) is 0 Å². The van der Waals surface area contributed by atoms with Crippen molar-refractivity contribution in [2.45, 2.75) is 18.9 Å². The number of carboxylic acid groups (broad SMARTS) is 1. The minimum atomic E-state index is -1.38. The molecule has 0 radical (unpaired) electrons. The zero-order valence-electron chi connectivity index (χ0n) is 13.9. The number of amides is 2. The molecule has 1 fully saturated rings. The molecular weight excluding hydrogens is 336 g/mol. The molecule has 0 unspecified atom stereocenters.